The lowest BCUT2D eigenvalue weighted by molar-refractivity contribution is 0.0526. The number of aromatic nitrogens is 1. The van der Waals surface area contributed by atoms with Gasteiger partial charge in [-0.15, -0.1) is 0 Å². The van der Waals surface area contributed by atoms with Gasteiger partial charge in [0.25, 0.3) is 0 Å². The van der Waals surface area contributed by atoms with Crippen LogP contribution in [-0.2, 0) is 4.74 Å². The van der Waals surface area contributed by atoms with Gasteiger partial charge in [0.1, 0.15) is 5.82 Å². The fraction of sp³-hybridized carbons (Fsp3) is 0.571. The second kappa shape index (κ2) is 7.69. The lowest BCUT2D eigenvalue weighted by atomic mass is 10.2. The molecule has 1 rings (SSSR count). The topological polar surface area (TPSA) is 42.4 Å². The molecule has 0 radical (unpaired) electrons. The summed E-state index contributed by atoms with van der Waals surface area (Å²) in [6, 6.07) is 3.66. The van der Waals surface area contributed by atoms with Gasteiger partial charge < -0.3 is 9.64 Å². The molecule has 0 atom stereocenters. The molecule has 4 heteroatoms. The largest absolute Gasteiger partial charge is 0.462 e. The molecule has 0 spiro atoms. The lowest BCUT2D eigenvalue weighted by Crippen LogP contribution is -2.25. The molecule has 0 saturated heterocycles. The van der Waals surface area contributed by atoms with Crippen LogP contribution in [0.15, 0.2) is 18.3 Å². The predicted molar refractivity (Wildman–Crippen MR) is 73.0 cm³/mol. The Morgan fingerprint density at radius 2 is 1.89 bits per heavy atom. The minimum Gasteiger partial charge on any atom is -0.462 e. The Balaban J connectivity index is 2.76. The number of rotatable bonds is 7. The molecular weight excluding hydrogens is 228 g/mol. The number of ether oxygens (including phenoxy) is 1. The lowest BCUT2D eigenvalue weighted by Gasteiger charge is -2.22. The smallest absolute Gasteiger partial charge is 0.339 e. The van der Waals surface area contributed by atoms with Crippen molar-refractivity contribution in [3.05, 3.63) is 23.9 Å². The highest BCUT2D eigenvalue weighted by Crippen LogP contribution is 2.13. The first-order valence-corrected chi connectivity index (χ1v) is 6.61. The standard InChI is InChI=1S/C14H22N2O2/c1-4-9-16(10-5-2)13-8-7-12(11-15-13)14(17)18-6-3/h7-8,11H,4-6,9-10H2,1-3H3. The van der Waals surface area contributed by atoms with Crippen LogP contribution in [0, 0.1) is 0 Å². The number of hydrogen-bond donors (Lipinski definition) is 0. The van der Waals surface area contributed by atoms with Gasteiger partial charge in [0, 0.05) is 19.3 Å². The summed E-state index contributed by atoms with van der Waals surface area (Å²) in [5, 5.41) is 0. The summed E-state index contributed by atoms with van der Waals surface area (Å²) < 4.78 is 4.93. The van der Waals surface area contributed by atoms with E-state index in [0.29, 0.717) is 12.2 Å². The normalized spacial score (nSPS) is 10.2. The van der Waals surface area contributed by atoms with E-state index in [1.807, 2.05) is 6.07 Å². The van der Waals surface area contributed by atoms with Crippen LogP contribution in [0.25, 0.3) is 0 Å². The molecule has 1 aromatic heterocycles. The first kappa shape index (κ1) is 14.5. The van der Waals surface area contributed by atoms with Crippen LogP contribution in [0.5, 0.6) is 0 Å². The van der Waals surface area contributed by atoms with Gasteiger partial charge in [-0.25, -0.2) is 9.78 Å². The molecule has 0 bridgehead atoms. The second-order valence-corrected chi connectivity index (χ2v) is 4.11. The Labute approximate surface area is 109 Å². The summed E-state index contributed by atoms with van der Waals surface area (Å²) in [6.45, 7) is 8.45. The van der Waals surface area contributed by atoms with Crippen LogP contribution in [0.2, 0.25) is 0 Å². The minimum absolute atomic E-state index is 0.311. The molecule has 1 heterocycles. The maximum atomic E-state index is 11.5. The van der Waals surface area contributed by atoms with Gasteiger partial charge in [0.05, 0.1) is 12.2 Å². The Morgan fingerprint density at radius 1 is 1.22 bits per heavy atom. The molecule has 0 unspecified atom stereocenters. The summed E-state index contributed by atoms with van der Waals surface area (Å²) in [5.74, 6) is 0.612. The molecule has 0 aliphatic rings. The van der Waals surface area contributed by atoms with E-state index in [2.05, 4.69) is 23.7 Å². The molecule has 0 aliphatic heterocycles. The number of hydrogen-bond acceptors (Lipinski definition) is 4. The van der Waals surface area contributed by atoms with Crippen molar-refractivity contribution in [2.75, 3.05) is 24.6 Å². The summed E-state index contributed by atoms with van der Waals surface area (Å²) in [6.07, 6.45) is 3.76. The molecule has 4 nitrogen and oxygen atoms in total. The molecule has 1 aromatic rings. The third kappa shape index (κ3) is 4.02. The number of carbonyl (C=O) groups excluding carboxylic acids is 1. The minimum atomic E-state index is -0.311. The van der Waals surface area contributed by atoms with E-state index in [9.17, 15) is 4.79 Å². The summed E-state index contributed by atoms with van der Waals surface area (Å²) >= 11 is 0. The highest BCUT2D eigenvalue weighted by molar-refractivity contribution is 5.89. The Bertz CT molecular complexity index is 357. The van der Waals surface area contributed by atoms with E-state index in [4.69, 9.17) is 4.74 Å². The van der Waals surface area contributed by atoms with E-state index < -0.39 is 0 Å². The fourth-order valence-electron chi connectivity index (χ4n) is 1.79. The molecular formula is C14H22N2O2. The van der Waals surface area contributed by atoms with Crippen LogP contribution in [0.1, 0.15) is 44.0 Å². The van der Waals surface area contributed by atoms with Crippen molar-refractivity contribution in [1.29, 1.82) is 0 Å². The SMILES string of the molecule is CCCN(CCC)c1ccc(C(=O)OCC)cn1. The number of carbonyl (C=O) groups is 1. The first-order chi connectivity index (χ1) is 8.72. The maximum absolute atomic E-state index is 11.5. The zero-order chi connectivity index (χ0) is 13.4. The van der Waals surface area contributed by atoms with Crippen LogP contribution >= 0.6 is 0 Å². The highest BCUT2D eigenvalue weighted by atomic mass is 16.5. The van der Waals surface area contributed by atoms with Crippen LogP contribution in [0.4, 0.5) is 5.82 Å². The second-order valence-electron chi connectivity index (χ2n) is 4.11. The first-order valence-electron chi connectivity index (χ1n) is 6.61. The van der Waals surface area contributed by atoms with Crippen molar-refractivity contribution < 1.29 is 9.53 Å². The number of pyridine rings is 1. The Morgan fingerprint density at radius 3 is 2.33 bits per heavy atom. The van der Waals surface area contributed by atoms with Crippen LogP contribution in [-0.4, -0.2) is 30.6 Å². The molecule has 0 N–H and O–H groups in total. The van der Waals surface area contributed by atoms with E-state index in [1.54, 1.807) is 19.2 Å². The third-order valence-electron chi connectivity index (χ3n) is 2.57. The highest BCUT2D eigenvalue weighted by Gasteiger charge is 2.09. The summed E-state index contributed by atoms with van der Waals surface area (Å²) in [5.41, 5.74) is 0.508. The van der Waals surface area contributed by atoms with Gasteiger partial charge in [0.15, 0.2) is 0 Å². The van der Waals surface area contributed by atoms with Gasteiger partial charge in [-0.1, -0.05) is 13.8 Å². The van der Waals surface area contributed by atoms with E-state index >= 15 is 0 Å². The molecule has 0 saturated carbocycles. The quantitative estimate of drug-likeness (QED) is 0.698. The van der Waals surface area contributed by atoms with Crippen molar-refractivity contribution in [3.8, 4) is 0 Å². The van der Waals surface area contributed by atoms with Crippen molar-refractivity contribution in [2.24, 2.45) is 0 Å². The molecule has 0 aliphatic carbocycles. The zero-order valence-electron chi connectivity index (χ0n) is 11.5. The number of esters is 1. The monoisotopic (exact) mass is 250 g/mol. The van der Waals surface area contributed by atoms with Crippen molar-refractivity contribution in [3.63, 3.8) is 0 Å². The molecule has 18 heavy (non-hydrogen) atoms. The average molecular weight is 250 g/mol. The van der Waals surface area contributed by atoms with Gasteiger partial charge in [0.2, 0.25) is 0 Å². The van der Waals surface area contributed by atoms with Crippen molar-refractivity contribution in [2.45, 2.75) is 33.6 Å². The molecule has 0 amide bonds. The third-order valence-corrected chi connectivity index (χ3v) is 2.57. The van der Waals surface area contributed by atoms with E-state index in [-0.39, 0.29) is 5.97 Å². The molecule has 100 valence electrons. The van der Waals surface area contributed by atoms with Crippen LogP contribution in [0.3, 0.4) is 0 Å². The Hall–Kier alpha value is -1.58. The van der Waals surface area contributed by atoms with Gasteiger partial charge in [-0.05, 0) is 31.9 Å². The predicted octanol–water partition coefficient (Wildman–Crippen LogP) is 2.88. The van der Waals surface area contributed by atoms with Gasteiger partial charge >= 0.3 is 5.97 Å². The molecule has 0 fully saturated rings. The zero-order valence-corrected chi connectivity index (χ0v) is 11.5. The maximum Gasteiger partial charge on any atom is 0.339 e. The van der Waals surface area contributed by atoms with Crippen molar-refractivity contribution >= 4 is 11.8 Å². The van der Waals surface area contributed by atoms with E-state index in [1.165, 1.54) is 0 Å². The summed E-state index contributed by atoms with van der Waals surface area (Å²) in [4.78, 5) is 18.1. The van der Waals surface area contributed by atoms with E-state index in [0.717, 1.165) is 31.7 Å². The van der Waals surface area contributed by atoms with Crippen LogP contribution < -0.4 is 4.90 Å². The Kier molecular flexibility index (Phi) is 6.19. The van der Waals surface area contributed by atoms with Crippen molar-refractivity contribution in [1.82, 2.24) is 4.98 Å². The summed E-state index contributed by atoms with van der Waals surface area (Å²) in [7, 11) is 0. The fourth-order valence-corrected chi connectivity index (χ4v) is 1.79. The number of anilines is 1. The average Bonchev–Trinajstić information content (AvgIpc) is 2.39. The van der Waals surface area contributed by atoms with Gasteiger partial charge in [-0.3, -0.25) is 0 Å². The van der Waals surface area contributed by atoms with Gasteiger partial charge in [-0.2, -0.15) is 0 Å². The number of nitrogens with zero attached hydrogens (tertiary/aromatic N) is 2. The molecule has 0 aromatic carbocycles.